The zero-order valence-electron chi connectivity index (χ0n) is 18.9. The van der Waals surface area contributed by atoms with Crippen LogP contribution in [0.5, 0.6) is 0 Å². The fourth-order valence-electron chi connectivity index (χ4n) is 6.16. The van der Waals surface area contributed by atoms with E-state index in [1.807, 2.05) is 29.2 Å². The predicted molar refractivity (Wildman–Crippen MR) is 127 cm³/mol. The van der Waals surface area contributed by atoms with E-state index in [-0.39, 0.29) is 17.9 Å². The Morgan fingerprint density at radius 1 is 0.879 bits per heavy atom. The number of benzene rings is 2. The summed E-state index contributed by atoms with van der Waals surface area (Å²) in [5.74, 6) is 0.636. The summed E-state index contributed by atoms with van der Waals surface area (Å²) in [7, 11) is 0. The highest BCUT2D eigenvalue weighted by molar-refractivity contribution is 5.98. The first-order chi connectivity index (χ1) is 16.2. The second kappa shape index (κ2) is 8.32. The second-order valence-electron chi connectivity index (χ2n) is 9.75. The van der Waals surface area contributed by atoms with Crippen molar-refractivity contribution >= 4 is 22.8 Å². The third kappa shape index (κ3) is 3.62. The summed E-state index contributed by atoms with van der Waals surface area (Å²) in [6.07, 6.45) is 9.08. The molecule has 2 aliphatic heterocycles. The lowest BCUT2D eigenvalue weighted by Crippen LogP contribution is -2.49. The number of hydrogen-bond donors (Lipinski definition) is 1. The van der Waals surface area contributed by atoms with Crippen LogP contribution in [0.4, 0.5) is 0 Å². The van der Waals surface area contributed by atoms with Crippen LogP contribution in [0.15, 0.2) is 42.7 Å². The molecule has 0 radical (unpaired) electrons. The first-order valence-electron chi connectivity index (χ1n) is 12.4. The lowest BCUT2D eigenvalue weighted by atomic mass is 9.73. The van der Waals surface area contributed by atoms with Gasteiger partial charge in [0.05, 0.1) is 17.4 Å². The minimum Gasteiger partial charge on any atom is -0.345 e. The number of rotatable bonds is 2. The Labute approximate surface area is 194 Å². The Kier molecular flexibility index (Phi) is 5.16. The summed E-state index contributed by atoms with van der Waals surface area (Å²) in [6, 6.07) is 12.3. The summed E-state index contributed by atoms with van der Waals surface area (Å²) in [5.41, 5.74) is 5.96. The summed E-state index contributed by atoms with van der Waals surface area (Å²) in [5, 5.41) is 0. The molecule has 6 heteroatoms. The number of carbonyl (C=O) groups is 2. The maximum absolute atomic E-state index is 13.5. The van der Waals surface area contributed by atoms with Crippen molar-refractivity contribution in [1.29, 1.82) is 0 Å². The van der Waals surface area contributed by atoms with Gasteiger partial charge in [0, 0.05) is 42.7 Å². The molecule has 1 aromatic heterocycles. The standard InChI is InChI=1S/C27H30N4O2/c32-26(30-12-2-1-3-13-30)19-6-9-21-18(15-19)8-11-25-22(21)5-4-14-31(25)27(33)20-7-10-23-24(16-20)29-17-28-23/h6-7,9-10,15-17,22,25H,1-5,8,11-14H2,(H,28,29). The van der Waals surface area contributed by atoms with Crippen LogP contribution in [0.2, 0.25) is 0 Å². The third-order valence-electron chi connectivity index (χ3n) is 7.85. The SMILES string of the molecule is O=C(c1ccc2c(c1)CCC1C2CCCN1C(=O)c1ccc2nc[nH]c2c1)N1CCCCC1. The highest BCUT2D eigenvalue weighted by Gasteiger charge is 2.39. The van der Waals surface area contributed by atoms with E-state index in [9.17, 15) is 9.59 Å². The van der Waals surface area contributed by atoms with Gasteiger partial charge in [-0.15, -0.1) is 0 Å². The molecule has 3 heterocycles. The largest absolute Gasteiger partial charge is 0.345 e. The molecule has 2 amide bonds. The first kappa shape index (κ1) is 20.5. The molecule has 1 N–H and O–H groups in total. The van der Waals surface area contributed by atoms with E-state index in [4.69, 9.17) is 0 Å². The van der Waals surface area contributed by atoms with Gasteiger partial charge in [-0.1, -0.05) is 6.07 Å². The molecule has 0 saturated carbocycles. The fraction of sp³-hybridized carbons (Fsp3) is 0.444. The Balaban J connectivity index is 1.24. The molecule has 170 valence electrons. The number of hydrogen-bond acceptors (Lipinski definition) is 3. The molecule has 33 heavy (non-hydrogen) atoms. The summed E-state index contributed by atoms with van der Waals surface area (Å²) >= 11 is 0. The van der Waals surface area contributed by atoms with Gasteiger partial charge in [-0.25, -0.2) is 4.98 Å². The van der Waals surface area contributed by atoms with Gasteiger partial charge in [0.1, 0.15) is 0 Å². The number of imidazole rings is 1. The molecule has 2 atom stereocenters. The third-order valence-corrected chi connectivity index (χ3v) is 7.85. The lowest BCUT2D eigenvalue weighted by Gasteiger charge is -2.45. The average Bonchev–Trinajstić information content (AvgIpc) is 3.35. The molecule has 2 unspecified atom stereocenters. The number of H-pyrrole nitrogens is 1. The lowest BCUT2D eigenvalue weighted by molar-refractivity contribution is 0.0547. The average molecular weight is 443 g/mol. The quantitative estimate of drug-likeness (QED) is 0.634. The number of likely N-dealkylation sites (tertiary alicyclic amines) is 2. The molecule has 6 rings (SSSR count). The minimum atomic E-state index is 0.113. The van der Waals surface area contributed by atoms with Crippen LogP contribution in [0, 0.1) is 0 Å². The van der Waals surface area contributed by atoms with Gasteiger partial charge in [-0.2, -0.15) is 0 Å². The van der Waals surface area contributed by atoms with E-state index < -0.39 is 0 Å². The maximum atomic E-state index is 13.5. The van der Waals surface area contributed by atoms with E-state index in [0.29, 0.717) is 5.92 Å². The number of nitrogens with one attached hydrogen (secondary N) is 1. The molecule has 0 spiro atoms. The molecular weight excluding hydrogens is 412 g/mol. The molecule has 2 fully saturated rings. The summed E-state index contributed by atoms with van der Waals surface area (Å²) in [6.45, 7) is 2.56. The van der Waals surface area contributed by atoms with Gasteiger partial charge in [0.15, 0.2) is 0 Å². The van der Waals surface area contributed by atoms with Crippen LogP contribution in [0.1, 0.15) is 76.3 Å². The van der Waals surface area contributed by atoms with Gasteiger partial charge >= 0.3 is 0 Å². The summed E-state index contributed by atoms with van der Waals surface area (Å²) < 4.78 is 0. The predicted octanol–water partition coefficient (Wildman–Crippen LogP) is 4.52. The molecule has 3 aliphatic rings. The van der Waals surface area contributed by atoms with Crippen LogP contribution in [-0.4, -0.2) is 57.3 Å². The Hall–Kier alpha value is -3.15. The number of aromatic amines is 1. The zero-order chi connectivity index (χ0) is 22.4. The van der Waals surface area contributed by atoms with E-state index in [2.05, 4.69) is 27.0 Å². The van der Waals surface area contributed by atoms with Crippen molar-refractivity contribution in [3.8, 4) is 0 Å². The molecule has 3 aromatic rings. The van der Waals surface area contributed by atoms with Crippen LogP contribution >= 0.6 is 0 Å². The van der Waals surface area contributed by atoms with Gasteiger partial charge in [-0.05, 0) is 86.4 Å². The number of aromatic nitrogens is 2. The molecule has 1 aliphatic carbocycles. The number of carbonyl (C=O) groups excluding carboxylic acids is 2. The zero-order valence-corrected chi connectivity index (χ0v) is 18.9. The van der Waals surface area contributed by atoms with Crippen LogP contribution in [-0.2, 0) is 6.42 Å². The molecular formula is C27H30N4O2. The van der Waals surface area contributed by atoms with Gasteiger partial charge in [-0.3, -0.25) is 9.59 Å². The number of amides is 2. The highest BCUT2D eigenvalue weighted by Crippen LogP contribution is 2.41. The number of piperidine rings is 2. The van der Waals surface area contributed by atoms with Crippen LogP contribution in [0.25, 0.3) is 11.0 Å². The van der Waals surface area contributed by atoms with Crippen molar-refractivity contribution in [3.05, 3.63) is 65.0 Å². The van der Waals surface area contributed by atoms with Crippen molar-refractivity contribution in [2.75, 3.05) is 19.6 Å². The monoisotopic (exact) mass is 442 g/mol. The van der Waals surface area contributed by atoms with Crippen molar-refractivity contribution in [2.45, 2.75) is 56.9 Å². The van der Waals surface area contributed by atoms with Crippen LogP contribution in [0.3, 0.4) is 0 Å². The van der Waals surface area contributed by atoms with Crippen LogP contribution < -0.4 is 0 Å². The topological polar surface area (TPSA) is 69.3 Å². The molecule has 6 nitrogen and oxygen atoms in total. The Morgan fingerprint density at radius 3 is 2.58 bits per heavy atom. The smallest absolute Gasteiger partial charge is 0.254 e. The Morgan fingerprint density at radius 2 is 1.70 bits per heavy atom. The maximum Gasteiger partial charge on any atom is 0.254 e. The van der Waals surface area contributed by atoms with E-state index in [0.717, 1.165) is 80.3 Å². The fourth-order valence-corrected chi connectivity index (χ4v) is 6.16. The number of aryl methyl sites for hydroxylation is 1. The van der Waals surface area contributed by atoms with E-state index in [1.54, 1.807) is 6.33 Å². The Bertz CT molecular complexity index is 1210. The van der Waals surface area contributed by atoms with Gasteiger partial charge in [0.2, 0.25) is 0 Å². The molecule has 0 bridgehead atoms. The number of fused-ring (bicyclic) bond motifs is 4. The second-order valence-corrected chi connectivity index (χ2v) is 9.75. The minimum absolute atomic E-state index is 0.113. The van der Waals surface area contributed by atoms with Crippen molar-refractivity contribution in [2.24, 2.45) is 0 Å². The molecule has 2 aromatic carbocycles. The van der Waals surface area contributed by atoms with Crippen molar-refractivity contribution in [1.82, 2.24) is 19.8 Å². The van der Waals surface area contributed by atoms with E-state index in [1.165, 1.54) is 17.5 Å². The summed E-state index contributed by atoms with van der Waals surface area (Å²) in [4.78, 5) is 38.0. The number of nitrogens with zero attached hydrogens (tertiary/aromatic N) is 3. The van der Waals surface area contributed by atoms with E-state index >= 15 is 0 Å². The van der Waals surface area contributed by atoms with Crippen molar-refractivity contribution < 1.29 is 9.59 Å². The molecule has 2 saturated heterocycles. The van der Waals surface area contributed by atoms with Gasteiger partial charge in [0.25, 0.3) is 11.8 Å². The van der Waals surface area contributed by atoms with Gasteiger partial charge < -0.3 is 14.8 Å². The highest BCUT2D eigenvalue weighted by atomic mass is 16.2. The normalized spacial score (nSPS) is 22.7. The first-order valence-corrected chi connectivity index (χ1v) is 12.4. The van der Waals surface area contributed by atoms with Crippen molar-refractivity contribution in [3.63, 3.8) is 0 Å².